The molecule has 1 amide bonds. The summed E-state index contributed by atoms with van der Waals surface area (Å²) in [7, 11) is 0. The SMILES string of the molecule is CC1(C(=O)NCc2cccc(N)n2)CC1. The second-order valence-corrected chi connectivity index (χ2v) is 4.30. The van der Waals surface area contributed by atoms with Gasteiger partial charge in [-0.25, -0.2) is 4.98 Å². The van der Waals surface area contributed by atoms with Crippen LogP contribution in [0.1, 0.15) is 25.5 Å². The molecular weight excluding hydrogens is 190 g/mol. The smallest absolute Gasteiger partial charge is 0.226 e. The Morgan fingerprint density at radius 2 is 2.33 bits per heavy atom. The molecule has 0 spiro atoms. The maximum Gasteiger partial charge on any atom is 0.226 e. The Morgan fingerprint density at radius 1 is 1.60 bits per heavy atom. The molecule has 0 aromatic carbocycles. The number of hydrogen-bond donors (Lipinski definition) is 2. The number of nitrogens with two attached hydrogens (primary N) is 1. The van der Waals surface area contributed by atoms with Gasteiger partial charge in [0.1, 0.15) is 5.82 Å². The minimum atomic E-state index is -0.125. The van der Waals surface area contributed by atoms with Crippen LogP contribution < -0.4 is 11.1 Å². The van der Waals surface area contributed by atoms with E-state index in [2.05, 4.69) is 10.3 Å². The molecule has 0 bridgehead atoms. The van der Waals surface area contributed by atoms with Gasteiger partial charge in [-0.1, -0.05) is 13.0 Å². The second-order valence-electron chi connectivity index (χ2n) is 4.30. The van der Waals surface area contributed by atoms with Crippen molar-refractivity contribution in [3.63, 3.8) is 0 Å². The maximum absolute atomic E-state index is 11.6. The van der Waals surface area contributed by atoms with Crippen LogP contribution in [0.15, 0.2) is 18.2 Å². The minimum absolute atomic E-state index is 0.117. The van der Waals surface area contributed by atoms with Crippen molar-refractivity contribution in [3.8, 4) is 0 Å². The summed E-state index contributed by atoms with van der Waals surface area (Å²) in [6, 6.07) is 5.42. The van der Waals surface area contributed by atoms with Crippen LogP contribution in [-0.2, 0) is 11.3 Å². The molecule has 0 saturated heterocycles. The van der Waals surface area contributed by atoms with Gasteiger partial charge in [0.2, 0.25) is 5.91 Å². The average molecular weight is 205 g/mol. The third-order valence-corrected chi connectivity index (χ3v) is 2.81. The lowest BCUT2D eigenvalue weighted by atomic mass is 10.1. The van der Waals surface area contributed by atoms with Crippen LogP contribution in [0.2, 0.25) is 0 Å². The van der Waals surface area contributed by atoms with Crippen molar-refractivity contribution in [2.75, 3.05) is 5.73 Å². The summed E-state index contributed by atoms with van der Waals surface area (Å²) >= 11 is 0. The van der Waals surface area contributed by atoms with Gasteiger partial charge in [0.25, 0.3) is 0 Å². The van der Waals surface area contributed by atoms with Crippen LogP contribution in [0.25, 0.3) is 0 Å². The number of amides is 1. The Kier molecular flexibility index (Phi) is 2.34. The molecule has 4 nitrogen and oxygen atoms in total. The van der Waals surface area contributed by atoms with E-state index in [9.17, 15) is 4.79 Å². The van der Waals surface area contributed by atoms with Crippen molar-refractivity contribution in [2.24, 2.45) is 5.41 Å². The molecule has 4 heteroatoms. The molecule has 2 rings (SSSR count). The zero-order chi connectivity index (χ0) is 10.9. The Hall–Kier alpha value is -1.58. The molecule has 1 aromatic heterocycles. The number of pyridine rings is 1. The third-order valence-electron chi connectivity index (χ3n) is 2.81. The molecule has 1 aliphatic carbocycles. The highest BCUT2D eigenvalue weighted by molar-refractivity contribution is 5.84. The maximum atomic E-state index is 11.6. The lowest BCUT2D eigenvalue weighted by Gasteiger charge is -2.09. The van der Waals surface area contributed by atoms with Crippen molar-refractivity contribution in [1.29, 1.82) is 0 Å². The van der Waals surface area contributed by atoms with Crippen molar-refractivity contribution in [3.05, 3.63) is 23.9 Å². The van der Waals surface area contributed by atoms with E-state index in [4.69, 9.17) is 5.73 Å². The zero-order valence-electron chi connectivity index (χ0n) is 8.79. The molecule has 1 heterocycles. The summed E-state index contributed by atoms with van der Waals surface area (Å²) in [5, 5.41) is 2.87. The van der Waals surface area contributed by atoms with Crippen LogP contribution in [0.3, 0.4) is 0 Å². The number of hydrogen-bond acceptors (Lipinski definition) is 3. The molecule has 80 valence electrons. The Bertz CT molecular complexity index is 385. The second kappa shape index (κ2) is 3.53. The van der Waals surface area contributed by atoms with Crippen LogP contribution in [0.4, 0.5) is 5.82 Å². The van der Waals surface area contributed by atoms with E-state index in [1.165, 1.54) is 0 Å². The number of aromatic nitrogens is 1. The van der Waals surface area contributed by atoms with E-state index < -0.39 is 0 Å². The monoisotopic (exact) mass is 205 g/mol. The van der Waals surface area contributed by atoms with Crippen molar-refractivity contribution in [2.45, 2.75) is 26.3 Å². The van der Waals surface area contributed by atoms with Crippen molar-refractivity contribution < 1.29 is 4.79 Å². The van der Waals surface area contributed by atoms with E-state index >= 15 is 0 Å². The topological polar surface area (TPSA) is 68.0 Å². The first kappa shape index (κ1) is 9.96. The van der Waals surface area contributed by atoms with Gasteiger partial charge in [-0.2, -0.15) is 0 Å². The number of carbonyl (C=O) groups excluding carboxylic acids is 1. The molecule has 1 fully saturated rings. The van der Waals surface area contributed by atoms with E-state index in [-0.39, 0.29) is 11.3 Å². The van der Waals surface area contributed by atoms with E-state index in [0.717, 1.165) is 18.5 Å². The lowest BCUT2D eigenvalue weighted by molar-refractivity contribution is -0.125. The predicted octanol–water partition coefficient (Wildman–Crippen LogP) is 1.08. The average Bonchev–Trinajstić information content (AvgIpc) is 2.94. The summed E-state index contributed by atoms with van der Waals surface area (Å²) < 4.78 is 0. The molecular formula is C11H15N3O. The number of nitrogen functional groups attached to an aromatic ring is 1. The van der Waals surface area contributed by atoms with E-state index in [1.54, 1.807) is 6.07 Å². The number of rotatable bonds is 3. The number of nitrogens with zero attached hydrogens (tertiary/aromatic N) is 1. The fourth-order valence-corrected chi connectivity index (χ4v) is 1.40. The number of anilines is 1. The molecule has 3 N–H and O–H groups in total. The molecule has 0 aliphatic heterocycles. The fraction of sp³-hybridized carbons (Fsp3) is 0.455. The van der Waals surface area contributed by atoms with Gasteiger partial charge in [-0.15, -0.1) is 0 Å². The molecule has 0 unspecified atom stereocenters. The first-order valence-corrected chi connectivity index (χ1v) is 5.10. The third kappa shape index (κ3) is 2.26. The van der Waals surface area contributed by atoms with Crippen molar-refractivity contribution in [1.82, 2.24) is 10.3 Å². The highest BCUT2D eigenvalue weighted by atomic mass is 16.2. The summed E-state index contributed by atoms with van der Waals surface area (Å²) in [4.78, 5) is 15.7. The summed E-state index contributed by atoms with van der Waals surface area (Å²) in [6.45, 7) is 2.44. The van der Waals surface area contributed by atoms with Gasteiger partial charge in [0.05, 0.1) is 12.2 Å². The summed E-state index contributed by atoms with van der Waals surface area (Å²) in [5.41, 5.74) is 6.21. The fourth-order valence-electron chi connectivity index (χ4n) is 1.40. The normalized spacial score (nSPS) is 17.1. The standard InChI is InChI=1S/C11H15N3O/c1-11(5-6-11)10(15)13-7-8-3-2-4-9(12)14-8/h2-4H,5-7H2,1H3,(H2,12,14)(H,13,15). The van der Waals surface area contributed by atoms with Gasteiger partial charge < -0.3 is 11.1 Å². The predicted molar refractivity (Wildman–Crippen MR) is 57.8 cm³/mol. The molecule has 1 aromatic rings. The van der Waals surface area contributed by atoms with Gasteiger partial charge in [0, 0.05) is 5.41 Å². The Balaban J connectivity index is 1.90. The van der Waals surface area contributed by atoms with Crippen molar-refractivity contribution >= 4 is 11.7 Å². The first-order valence-electron chi connectivity index (χ1n) is 5.10. The number of nitrogens with one attached hydrogen (secondary N) is 1. The minimum Gasteiger partial charge on any atom is -0.384 e. The molecule has 15 heavy (non-hydrogen) atoms. The molecule has 0 radical (unpaired) electrons. The largest absolute Gasteiger partial charge is 0.384 e. The van der Waals surface area contributed by atoms with Gasteiger partial charge in [0.15, 0.2) is 0 Å². The quantitative estimate of drug-likeness (QED) is 0.775. The zero-order valence-corrected chi connectivity index (χ0v) is 8.79. The summed E-state index contributed by atoms with van der Waals surface area (Å²) in [6.07, 6.45) is 1.98. The van der Waals surface area contributed by atoms with Crippen LogP contribution >= 0.6 is 0 Å². The van der Waals surface area contributed by atoms with Crippen LogP contribution in [0, 0.1) is 5.41 Å². The first-order chi connectivity index (χ1) is 7.10. The van der Waals surface area contributed by atoms with Gasteiger partial charge >= 0.3 is 0 Å². The molecule has 1 aliphatic rings. The Labute approximate surface area is 88.9 Å². The summed E-state index contributed by atoms with van der Waals surface area (Å²) in [5.74, 6) is 0.603. The van der Waals surface area contributed by atoms with Crippen LogP contribution in [-0.4, -0.2) is 10.9 Å². The van der Waals surface area contributed by atoms with Gasteiger partial charge in [-0.3, -0.25) is 4.79 Å². The highest BCUT2D eigenvalue weighted by Gasteiger charge is 2.44. The van der Waals surface area contributed by atoms with E-state index in [0.29, 0.717) is 12.4 Å². The molecule has 1 saturated carbocycles. The van der Waals surface area contributed by atoms with Crippen LogP contribution in [0.5, 0.6) is 0 Å². The van der Waals surface area contributed by atoms with E-state index in [1.807, 2.05) is 19.1 Å². The molecule has 0 atom stereocenters. The lowest BCUT2D eigenvalue weighted by Crippen LogP contribution is -2.30. The highest BCUT2D eigenvalue weighted by Crippen LogP contribution is 2.44. The Morgan fingerprint density at radius 3 is 2.93 bits per heavy atom. The number of carbonyl (C=O) groups is 1. The van der Waals surface area contributed by atoms with Gasteiger partial charge in [-0.05, 0) is 25.0 Å².